The Hall–Kier alpha value is -1.96. The molecule has 0 atom stereocenters. The van der Waals surface area contributed by atoms with Gasteiger partial charge in [0.15, 0.2) is 0 Å². The van der Waals surface area contributed by atoms with Gasteiger partial charge in [0.05, 0.1) is 27.1 Å². The van der Waals surface area contributed by atoms with Crippen molar-refractivity contribution in [1.29, 1.82) is 0 Å². The molecule has 0 bridgehead atoms. The molecule has 27 heavy (non-hydrogen) atoms. The molecule has 1 aliphatic rings. The third-order valence-electron chi connectivity index (χ3n) is 3.71. The summed E-state index contributed by atoms with van der Waals surface area (Å²) in [5, 5.41) is 0.129. The van der Waals surface area contributed by atoms with Gasteiger partial charge in [-0.2, -0.15) is 13.2 Å². The van der Waals surface area contributed by atoms with E-state index in [1.165, 1.54) is 18.2 Å². The van der Waals surface area contributed by atoms with Crippen LogP contribution in [0.5, 0.6) is 0 Å². The van der Waals surface area contributed by atoms with Crippen molar-refractivity contribution < 1.29 is 22.8 Å². The molecule has 0 radical (unpaired) electrons. The van der Waals surface area contributed by atoms with E-state index >= 15 is 0 Å². The lowest BCUT2D eigenvalue weighted by Gasteiger charge is -2.13. The van der Waals surface area contributed by atoms with E-state index in [0.717, 1.165) is 17.0 Å². The zero-order chi connectivity index (χ0) is 19.8. The number of carbonyl (C=O) groups excluding carboxylic acids is 2. The van der Waals surface area contributed by atoms with Crippen LogP contribution < -0.4 is 0 Å². The number of imide groups is 1. The molecule has 2 aromatic carbocycles. The molecule has 0 unspecified atom stereocenters. The van der Waals surface area contributed by atoms with Gasteiger partial charge in [-0.25, -0.2) is 0 Å². The van der Waals surface area contributed by atoms with E-state index in [2.05, 4.69) is 0 Å². The van der Waals surface area contributed by atoms with Crippen molar-refractivity contribution in [3.8, 4) is 0 Å². The first-order valence-electron chi connectivity index (χ1n) is 7.52. The van der Waals surface area contributed by atoms with Gasteiger partial charge >= 0.3 is 6.18 Å². The summed E-state index contributed by atoms with van der Waals surface area (Å²) in [6, 6.07) is 9.27. The number of thioether (sulfide) groups is 1. The van der Waals surface area contributed by atoms with Crippen LogP contribution in [0, 0.1) is 0 Å². The second-order valence-corrected chi connectivity index (χ2v) is 7.45. The summed E-state index contributed by atoms with van der Waals surface area (Å²) in [6.45, 7) is -0.0124. The third-order valence-corrected chi connectivity index (χ3v) is 5.36. The molecule has 140 valence electrons. The van der Waals surface area contributed by atoms with Crippen LogP contribution in [0.15, 0.2) is 47.4 Å². The maximum atomic E-state index is 12.8. The summed E-state index contributed by atoms with van der Waals surface area (Å²) in [4.78, 5) is 25.7. The number of nitrogens with zero attached hydrogens (tertiary/aromatic N) is 1. The fourth-order valence-corrected chi connectivity index (χ4v) is 3.57. The van der Waals surface area contributed by atoms with E-state index in [1.54, 1.807) is 18.2 Å². The zero-order valence-electron chi connectivity index (χ0n) is 13.4. The van der Waals surface area contributed by atoms with Crippen LogP contribution in [0.25, 0.3) is 6.08 Å². The molecule has 1 aliphatic heterocycles. The van der Waals surface area contributed by atoms with E-state index in [9.17, 15) is 22.8 Å². The van der Waals surface area contributed by atoms with E-state index < -0.39 is 22.9 Å². The van der Waals surface area contributed by atoms with Gasteiger partial charge < -0.3 is 0 Å². The highest BCUT2D eigenvalue weighted by Crippen LogP contribution is 2.35. The van der Waals surface area contributed by atoms with Gasteiger partial charge in [0.25, 0.3) is 11.1 Å². The van der Waals surface area contributed by atoms with E-state index in [4.69, 9.17) is 23.2 Å². The number of carbonyl (C=O) groups is 2. The van der Waals surface area contributed by atoms with Crippen LogP contribution in [0.1, 0.15) is 16.7 Å². The maximum absolute atomic E-state index is 12.8. The van der Waals surface area contributed by atoms with Crippen molar-refractivity contribution in [2.75, 3.05) is 0 Å². The van der Waals surface area contributed by atoms with Gasteiger partial charge in [0.1, 0.15) is 0 Å². The summed E-state index contributed by atoms with van der Waals surface area (Å²) in [5.74, 6) is -0.575. The predicted molar refractivity (Wildman–Crippen MR) is 99.4 cm³/mol. The van der Waals surface area contributed by atoms with Gasteiger partial charge in [-0.1, -0.05) is 41.4 Å². The number of alkyl halides is 3. The van der Waals surface area contributed by atoms with Crippen LogP contribution in [0.2, 0.25) is 10.0 Å². The molecule has 0 saturated carbocycles. The van der Waals surface area contributed by atoms with Crippen LogP contribution in [0.3, 0.4) is 0 Å². The second-order valence-electron chi connectivity index (χ2n) is 5.64. The number of halogens is 5. The Labute approximate surface area is 166 Å². The lowest BCUT2D eigenvalue weighted by Crippen LogP contribution is -2.27. The largest absolute Gasteiger partial charge is 0.416 e. The van der Waals surface area contributed by atoms with Gasteiger partial charge in [0.2, 0.25) is 0 Å². The van der Waals surface area contributed by atoms with Crippen molar-refractivity contribution in [3.63, 3.8) is 0 Å². The SMILES string of the molecule is O=C1S/C(=C\c2cccc(C(F)(F)F)c2)C(=O)N1Cc1ccc(Cl)c(Cl)c1. The van der Waals surface area contributed by atoms with E-state index in [0.29, 0.717) is 27.4 Å². The molecule has 3 nitrogen and oxygen atoms in total. The van der Waals surface area contributed by atoms with Crippen molar-refractivity contribution in [3.05, 3.63) is 74.1 Å². The standard InChI is InChI=1S/C18H10Cl2F3NO2S/c19-13-5-4-11(7-14(13)20)9-24-16(25)15(27-17(24)26)8-10-2-1-3-12(6-10)18(21,22)23/h1-8H,9H2/b15-8-. The zero-order valence-corrected chi connectivity index (χ0v) is 15.7. The van der Waals surface area contributed by atoms with Crippen LogP contribution in [0.4, 0.5) is 18.0 Å². The first kappa shape index (κ1) is 19.8. The molecule has 0 aliphatic carbocycles. The van der Waals surface area contributed by atoms with Gasteiger partial charge in [-0.3, -0.25) is 14.5 Å². The van der Waals surface area contributed by atoms with Crippen molar-refractivity contribution >= 4 is 52.2 Å². The van der Waals surface area contributed by atoms with Crippen LogP contribution >= 0.6 is 35.0 Å². The lowest BCUT2D eigenvalue weighted by molar-refractivity contribution is -0.137. The average molecular weight is 432 g/mol. The fraction of sp³-hybridized carbons (Fsp3) is 0.111. The quantitative estimate of drug-likeness (QED) is 0.539. The molecule has 1 heterocycles. The van der Waals surface area contributed by atoms with Crippen LogP contribution in [-0.2, 0) is 17.5 Å². The monoisotopic (exact) mass is 431 g/mol. The van der Waals surface area contributed by atoms with Gasteiger partial charge in [0, 0.05) is 0 Å². The maximum Gasteiger partial charge on any atom is 0.416 e. The Morgan fingerprint density at radius 1 is 1.04 bits per heavy atom. The van der Waals surface area contributed by atoms with E-state index in [1.807, 2.05) is 0 Å². The molecule has 3 rings (SSSR count). The molecule has 0 spiro atoms. The molecular weight excluding hydrogens is 422 g/mol. The molecule has 0 aromatic heterocycles. The number of hydrogen-bond donors (Lipinski definition) is 0. The fourth-order valence-electron chi connectivity index (χ4n) is 2.41. The minimum Gasteiger partial charge on any atom is -0.268 e. The predicted octanol–water partition coefficient (Wildman–Crippen LogP) is 6.25. The number of hydrogen-bond acceptors (Lipinski definition) is 3. The van der Waals surface area contributed by atoms with Crippen molar-refractivity contribution in [1.82, 2.24) is 4.90 Å². The highest BCUT2D eigenvalue weighted by atomic mass is 35.5. The molecule has 0 N–H and O–H groups in total. The number of benzene rings is 2. The second kappa shape index (κ2) is 7.58. The van der Waals surface area contributed by atoms with Gasteiger partial charge in [-0.05, 0) is 53.2 Å². The first-order valence-corrected chi connectivity index (χ1v) is 9.09. The molecule has 2 amide bonds. The summed E-state index contributed by atoms with van der Waals surface area (Å²) in [6.07, 6.45) is -3.22. The highest BCUT2D eigenvalue weighted by Gasteiger charge is 2.35. The average Bonchev–Trinajstić information content (AvgIpc) is 2.85. The molecule has 9 heteroatoms. The van der Waals surface area contributed by atoms with Crippen molar-refractivity contribution in [2.24, 2.45) is 0 Å². The Bertz CT molecular complexity index is 960. The normalized spacial score (nSPS) is 16.5. The minimum absolute atomic E-state index is 0.0124. The third kappa shape index (κ3) is 4.48. The number of rotatable bonds is 3. The Morgan fingerprint density at radius 2 is 1.78 bits per heavy atom. The molecule has 2 aromatic rings. The topological polar surface area (TPSA) is 37.4 Å². The van der Waals surface area contributed by atoms with E-state index in [-0.39, 0.29) is 17.0 Å². The highest BCUT2D eigenvalue weighted by molar-refractivity contribution is 8.18. The summed E-state index contributed by atoms with van der Waals surface area (Å²) >= 11 is 12.4. The summed E-state index contributed by atoms with van der Waals surface area (Å²) in [5.41, 5.74) is -0.0387. The lowest BCUT2D eigenvalue weighted by atomic mass is 10.1. The Kier molecular flexibility index (Phi) is 5.55. The molecular formula is C18H10Cl2F3NO2S. The Balaban J connectivity index is 1.83. The van der Waals surface area contributed by atoms with Gasteiger partial charge in [-0.15, -0.1) is 0 Å². The summed E-state index contributed by atoms with van der Waals surface area (Å²) < 4.78 is 38.4. The molecule has 1 saturated heterocycles. The van der Waals surface area contributed by atoms with Crippen LogP contribution in [-0.4, -0.2) is 16.0 Å². The summed E-state index contributed by atoms with van der Waals surface area (Å²) in [7, 11) is 0. The number of amides is 2. The first-order chi connectivity index (χ1) is 12.6. The molecule has 1 fully saturated rings. The Morgan fingerprint density at radius 3 is 2.44 bits per heavy atom. The smallest absolute Gasteiger partial charge is 0.268 e. The minimum atomic E-state index is -4.49. The van der Waals surface area contributed by atoms with Crippen molar-refractivity contribution in [2.45, 2.75) is 12.7 Å².